The monoisotopic (exact) mass is 1420 g/mol. The number of carbonyl (C=O) groups excluding carboxylic acids is 3. The van der Waals surface area contributed by atoms with Gasteiger partial charge >= 0.3 is 17.1 Å². The van der Waals surface area contributed by atoms with Crippen molar-refractivity contribution in [3.05, 3.63) is 307 Å². The third kappa shape index (κ3) is 13.9. The van der Waals surface area contributed by atoms with Gasteiger partial charge in [0.15, 0.2) is 0 Å². The van der Waals surface area contributed by atoms with E-state index < -0.39 is 18.1 Å². The van der Waals surface area contributed by atoms with Gasteiger partial charge in [-0.1, -0.05) is 149 Å². The molecule has 0 spiro atoms. The van der Waals surface area contributed by atoms with Gasteiger partial charge in [-0.05, 0) is 151 Å². The quantitative estimate of drug-likeness (QED) is 0.0778. The van der Waals surface area contributed by atoms with E-state index in [0.29, 0.717) is 85.7 Å². The van der Waals surface area contributed by atoms with Gasteiger partial charge in [-0.15, -0.1) is 0 Å². The summed E-state index contributed by atoms with van der Waals surface area (Å²) >= 11 is 25.4. The van der Waals surface area contributed by atoms with Crippen LogP contribution in [-0.4, -0.2) is 81.6 Å². The van der Waals surface area contributed by atoms with Crippen LogP contribution in [0.5, 0.6) is 0 Å². The number of aryl methyl sites for hydroxylation is 5. The molecule has 0 fully saturated rings. The number of aromatic nitrogens is 6. The van der Waals surface area contributed by atoms with Crippen LogP contribution in [0.15, 0.2) is 223 Å². The minimum Gasteiger partial charge on any atom is -0.324 e. The number of benzodiazepines with no additional fused rings is 3. The minimum atomic E-state index is -0.697. The Hall–Kier alpha value is -11.2. The number of rotatable bonds is 10. The third-order valence-electron chi connectivity index (χ3n) is 18.4. The van der Waals surface area contributed by atoms with E-state index in [1.165, 1.54) is 0 Å². The number of imidazole rings is 3. The first-order chi connectivity index (χ1) is 48.7. The fourth-order valence-corrected chi connectivity index (χ4v) is 13.8. The zero-order chi connectivity index (χ0) is 70.5. The van der Waals surface area contributed by atoms with Gasteiger partial charge in [-0.2, -0.15) is 0 Å². The first-order valence-corrected chi connectivity index (χ1v) is 34.2. The highest BCUT2D eigenvalue weighted by molar-refractivity contribution is 6.34. The van der Waals surface area contributed by atoms with Crippen molar-refractivity contribution in [3.63, 3.8) is 0 Å². The lowest BCUT2D eigenvalue weighted by molar-refractivity contribution is -0.118. The van der Waals surface area contributed by atoms with Crippen molar-refractivity contribution >= 4 is 142 Å². The number of fused-ring (bicyclic) bond motifs is 7. The normalized spacial score (nSPS) is 15.6. The van der Waals surface area contributed by atoms with Gasteiger partial charge in [-0.25, -0.2) is 14.4 Å². The second kappa shape index (κ2) is 27.9. The van der Waals surface area contributed by atoms with Crippen LogP contribution in [0, 0.1) is 13.8 Å². The van der Waals surface area contributed by atoms with Crippen LogP contribution in [-0.2, 0) is 54.3 Å². The molecule has 0 radical (unpaired) electrons. The number of anilines is 3. The van der Waals surface area contributed by atoms with Crippen molar-refractivity contribution in [3.8, 4) is 0 Å². The highest BCUT2D eigenvalue weighted by Gasteiger charge is 2.31. The molecule has 0 aliphatic carbocycles. The van der Waals surface area contributed by atoms with Crippen LogP contribution >= 0.6 is 46.4 Å². The van der Waals surface area contributed by atoms with Gasteiger partial charge in [0.05, 0.1) is 67.3 Å². The first-order valence-electron chi connectivity index (χ1n) is 32.6. The second-order valence-corrected chi connectivity index (χ2v) is 27.0. The number of H-pyrrole nitrogens is 3. The van der Waals surface area contributed by atoms with Crippen molar-refractivity contribution in [2.75, 3.05) is 16.0 Å². The Balaban J connectivity index is 0.000000129. The summed E-state index contributed by atoms with van der Waals surface area (Å²) in [5.74, 6) is -0.562. The van der Waals surface area contributed by atoms with Gasteiger partial charge in [0, 0.05) is 93.4 Å². The number of halogens is 4. The second-order valence-electron chi connectivity index (χ2n) is 25.2. The molecule has 10 aromatic carbocycles. The van der Waals surface area contributed by atoms with Gasteiger partial charge in [-0.3, -0.25) is 43.1 Å². The number of hydrogen-bond acceptors (Lipinski definition) is 9. The average molecular weight is 1420 g/mol. The number of benzene rings is 10. The number of carbonyl (C=O) groups is 3. The van der Waals surface area contributed by atoms with Crippen LogP contribution in [0.1, 0.15) is 68.1 Å². The molecule has 6 N–H and O–H groups in total. The van der Waals surface area contributed by atoms with Crippen molar-refractivity contribution in [2.45, 2.75) is 64.7 Å². The summed E-state index contributed by atoms with van der Waals surface area (Å²) in [6.07, 6.45) is 1.27. The predicted molar refractivity (Wildman–Crippen MR) is 406 cm³/mol. The maximum Gasteiger partial charge on any atom is 0.326 e. The number of amides is 3. The van der Waals surface area contributed by atoms with Crippen LogP contribution < -0.4 is 33.0 Å². The molecule has 16 rings (SSSR count). The molecule has 3 aromatic heterocycles. The van der Waals surface area contributed by atoms with E-state index in [-0.39, 0.29) is 34.8 Å². The topological polar surface area (TPSA) is 238 Å². The smallest absolute Gasteiger partial charge is 0.324 e. The summed E-state index contributed by atoms with van der Waals surface area (Å²) in [5, 5.41) is 13.6. The fraction of sp³-hybridized carbons (Fsp3) is 0.152. The van der Waals surface area contributed by atoms with Crippen molar-refractivity contribution in [1.29, 1.82) is 0 Å². The highest BCUT2D eigenvalue weighted by atomic mass is 35.5. The first kappa shape index (κ1) is 67.1. The average Bonchev–Trinajstić information content (AvgIpc) is 1.68. The largest absolute Gasteiger partial charge is 0.326 e. The maximum absolute atomic E-state index is 13.3. The molecule has 504 valence electrons. The Labute approximate surface area is 598 Å². The number of aromatic amines is 3. The van der Waals surface area contributed by atoms with Crippen LogP contribution in [0.2, 0.25) is 20.1 Å². The molecule has 0 saturated heterocycles. The van der Waals surface area contributed by atoms with E-state index >= 15 is 0 Å². The Morgan fingerprint density at radius 3 is 1.35 bits per heavy atom. The molecule has 0 saturated carbocycles. The Morgan fingerprint density at radius 1 is 0.396 bits per heavy atom. The molecule has 18 nitrogen and oxygen atoms in total. The Bertz CT molecular complexity index is 5840. The molecule has 3 unspecified atom stereocenters. The number of nitrogens with zero attached hydrogens (tertiary/aromatic N) is 6. The summed E-state index contributed by atoms with van der Waals surface area (Å²) < 4.78 is 4.79. The maximum atomic E-state index is 13.3. The molecule has 22 heteroatoms. The Morgan fingerprint density at radius 2 is 0.842 bits per heavy atom. The highest BCUT2D eigenvalue weighted by Crippen LogP contribution is 2.34. The molecular formula is C79H64Cl4N12O6. The molecule has 6 heterocycles. The van der Waals surface area contributed by atoms with Crippen molar-refractivity contribution in [1.82, 2.24) is 28.7 Å². The lowest BCUT2D eigenvalue weighted by atomic mass is 9.99. The van der Waals surface area contributed by atoms with E-state index in [1.54, 1.807) is 70.3 Å². The van der Waals surface area contributed by atoms with Gasteiger partial charge < -0.3 is 30.9 Å². The van der Waals surface area contributed by atoms with Crippen LogP contribution in [0.25, 0.3) is 43.9 Å². The molecule has 3 aliphatic heterocycles. The molecule has 13 aromatic rings. The standard InChI is InChI=1S/C29H23ClN4O2.C25H20Cl2N4O2.C25H21ClN4O2/c1-2-34-26-12-9-20(15-24(26)33-29(34)36)27-22-16-21(30)10-11-23(22)32-28(35)25(31-27)14-17-7-8-18-5-3-4-6-19(18)13-17;1-13-3-4-14(18(27)9-13)10-21-24(32)29-19-8-6-16(26)12-17(19)23(28-21)15-5-7-20-22(11-15)31(2)25(33)30-20;1-14-3-5-15(6-4-14)11-21-24(31)28-19-10-8-17(26)13-18(19)23(27-21)16-7-9-20-22(12-16)30(2)25(32)29-20/h3-13,15-16,25H,2,14H2,1H3,(H,32,35)(H,33,36);3-9,11-12,21H,10H2,1-2H3,(H,29,32)(H,30,33);3-10,12-13,21H,11H2,1-2H3,(H,28,31)(H,29,32). The molecule has 0 bridgehead atoms. The Kier molecular flexibility index (Phi) is 18.5. The predicted octanol–water partition coefficient (Wildman–Crippen LogP) is 14.7. The number of nitrogens with one attached hydrogen (secondary N) is 6. The number of hydrogen-bond donors (Lipinski definition) is 6. The minimum absolute atomic E-state index is 0.151. The zero-order valence-electron chi connectivity index (χ0n) is 55.2. The van der Waals surface area contributed by atoms with E-state index in [0.717, 1.165) is 99.5 Å². The van der Waals surface area contributed by atoms with Crippen LogP contribution in [0.4, 0.5) is 17.1 Å². The van der Waals surface area contributed by atoms with E-state index in [1.807, 2.05) is 148 Å². The van der Waals surface area contributed by atoms with Gasteiger partial charge in [0.1, 0.15) is 18.1 Å². The lowest BCUT2D eigenvalue weighted by Gasteiger charge is -2.13. The SMILES string of the molecule is CCn1c(=O)[nH]c2cc(C3=NC(Cc4ccc5ccccc5c4)C(=O)Nc4ccc(Cl)cc43)ccc21.Cc1ccc(CC2N=C(c3ccc4[nH]c(=O)n(C)c4c3)c3cc(Cl)ccc3NC2=O)c(Cl)c1.Cc1ccc(CC2N=C(c3ccc4[nH]c(=O)n(C)c4c3)c3cc(Cl)ccc3NC2=O)cc1. The third-order valence-corrected chi connectivity index (χ3v) is 19.4. The van der Waals surface area contributed by atoms with E-state index in [9.17, 15) is 28.8 Å². The van der Waals surface area contributed by atoms with Gasteiger partial charge in [0.2, 0.25) is 17.7 Å². The zero-order valence-corrected chi connectivity index (χ0v) is 58.2. The molecular weight excluding hydrogens is 1350 g/mol. The fourth-order valence-electron chi connectivity index (χ4n) is 13.0. The van der Waals surface area contributed by atoms with Gasteiger partial charge in [0.25, 0.3) is 0 Å². The summed E-state index contributed by atoms with van der Waals surface area (Å²) in [5.41, 5.74) is 17.6. The lowest BCUT2D eigenvalue weighted by Crippen LogP contribution is -2.27. The molecule has 101 heavy (non-hydrogen) atoms. The summed E-state index contributed by atoms with van der Waals surface area (Å²) in [6, 6.07) is 59.4. The van der Waals surface area contributed by atoms with Crippen molar-refractivity contribution < 1.29 is 14.4 Å². The number of aliphatic imine (C=N–C) groups is 3. The summed E-state index contributed by atoms with van der Waals surface area (Å²) in [6.45, 7) is 6.51. The summed E-state index contributed by atoms with van der Waals surface area (Å²) in [4.78, 5) is 99.4. The van der Waals surface area contributed by atoms with Crippen molar-refractivity contribution in [2.24, 2.45) is 29.1 Å². The molecule has 3 atom stereocenters. The molecule has 3 aliphatic rings. The van der Waals surface area contributed by atoms with E-state index in [2.05, 4.69) is 55.2 Å². The van der Waals surface area contributed by atoms with E-state index in [4.69, 9.17) is 61.4 Å². The van der Waals surface area contributed by atoms with Crippen LogP contribution in [0.3, 0.4) is 0 Å². The summed E-state index contributed by atoms with van der Waals surface area (Å²) in [7, 11) is 3.42. The molecule has 3 amide bonds.